The molecule has 0 bridgehead atoms. The highest BCUT2D eigenvalue weighted by molar-refractivity contribution is 5.79. The molecular weight excluding hydrogens is 220 g/mol. The van der Waals surface area contributed by atoms with Crippen molar-refractivity contribution < 1.29 is 14.7 Å². The normalized spacial score (nSPS) is 9.71. The summed E-state index contributed by atoms with van der Waals surface area (Å²) < 4.78 is 0. The van der Waals surface area contributed by atoms with Crippen LogP contribution >= 0.6 is 0 Å². The molecule has 0 fully saturated rings. The summed E-state index contributed by atoms with van der Waals surface area (Å²) in [4.78, 5) is 22.9. The molecule has 0 aliphatic carbocycles. The van der Waals surface area contributed by atoms with E-state index < -0.39 is 5.97 Å². The number of hydrogen-bond donors (Lipinski definition) is 2. The van der Waals surface area contributed by atoms with Crippen molar-refractivity contribution in [2.75, 3.05) is 20.1 Å². The van der Waals surface area contributed by atoms with Gasteiger partial charge in [-0.1, -0.05) is 30.3 Å². The van der Waals surface area contributed by atoms with E-state index in [2.05, 4.69) is 5.32 Å². The molecule has 1 aromatic carbocycles. The maximum atomic E-state index is 11.4. The zero-order valence-corrected chi connectivity index (χ0v) is 9.72. The molecule has 5 heteroatoms. The molecule has 0 saturated heterocycles. The fourth-order valence-corrected chi connectivity index (χ4v) is 1.37. The highest BCUT2D eigenvalue weighted by atomic mass is 16.4. The van der Waals surface area contributed by atoms with E-state index in [1.807, 2.05) is 30.3 Å². The predicted octanol–water partition coefficient (Wildman–Crippen LogP) is 0.955. The number of nitrogens with zero attached hydrogens (tertiary/aromatic N) is 1. The third kappa shape index (κ3) is 5.01. The van der Waals surface area contributed by atoms with E-state index in [9.17, 15) is 9.59 Å². The molecular formula is C12H16N2O3. The van der Waals surface area contributed by atoms with Crippen molar-refractivity contribution in [1.82, 2.24) is 10.2 Å². The summed E-state index contributed by atoms with van der Waals surface area (Å²) in [5, 5.41) is 11.2. The number of likely N-dealkylation sites (N-methyl/N-ethyl adjacent to an activating group) is 1. The van der Waals surface area contributed by atoms with Crippen LogP contribution in [0.25, 0.3) is 0 Å². The van der Waals surface area contributed by atoms with Gasteiger partial charge in [0.25, 0.3) is 0 Å². The smallest absolute Gasteiger partial charge is 0.323 e. The fraction of sp³-hybridized carbons (Fsp3) is 0.333. The molecule has 0 heterocycles. The SMILES string of the molecule is CN(CC(=O)O)C(=O)NCCc1ccccc1. The summed E-state index contributed by atoms with van der Waals surface area (Å²) in [7, 11) is 1.45. The van der Waals surface area contributed by atoms with Crippen LogP contribution in [0.4, 0.5) is 4.79 Å². The number of hydrogen-bond acceptors (Lipinski definition) is 2. The Labute approximate surface area is 100 Å². The average molecular weight is 236 g/mol. The van der Waals surface area contributed by atoms with Gasteiger partial charge in [-0.3, -0.25) is 4.79 Å². The number of carbonyl (C=O) groups excluding carboxylic acids is 1. The van der Waals surface area contributed by atoms with Crippen molar-refractivity contribution in [3.05, 3.63) is 35.9 Å². The molecule has 1 aromatic rings. The Kier molecular flexibility index (Phi) is 5.00. The molecule has 92 valence electrons. The van der Waals surface area contributed by atoms with Gasteiger partial charge in [0.1, 0.15) is 6.54 Å². The van der Waals surface area contributed by atoms with Gasteiger partial charge in [0.05, 0.1) is 0 Å². The molecule has 1 rings (SSSR count). The molecule has 17 heavy (non-hydrogen) atoms. The standard InChI is InChI=1S/C12H16N2O3/c1-14(9-11(15)16)12(17)13-8-7-10-5-3-2-4-6-10/h2-6H,7-9H2,1H3,(H,13,17)(H,15,16). The molecule has 2 N–H and O–H groups in total. The second-order valence-electron chi connectivity index (χ2n) is 3.72. The first-order chi connectivity index (χ1) is 8.09. The molecule has 0 saturated carbocycles. The number of carboxylic acids is 1. The molecule has 0 radical (unpaired) electrons. The predicted molar refractivity (Wildman–Crippen MR) is 63.8 cm³/mol. The monoisotopic (exact) mass is 236 g/mol. The molecule has 0 aromatic heterocycles. The van der Waals surface area contributed by atoms with Gasteiger partial charge in [-0.05, 0) is 12.0 Å². The Hall–Kier alpha value is -2.04. The van der Waals surface area contributed by atoms with Crippen molar-refractivity contribution >= 4 is 12.0 Å². The number of amides is 2. The van der Waals surface area contributed by atoms with E-state index in [0.29, 0.717) is 6.54 Å². The van der Waals surface area contributed by atoms with Gasteiger partial charge in [0.2, 0.25) is 0 Å². The van der Waals surface area contributed by atoms with Gasteiger partial charge in [-0.25, -0.2) is 4.79 Å². The van der Waals surface area contributed by atoms with E-state index in [1.54, 1.807) is 0 Å². The Balaban J connectivity index is 2.27. The number of urea groups is 1. The topological polar surface area (TPSA) is 69.6 Å². The van der Waals surface area contributed by atoms with Crippen LogP contribution in [-0.2, 0) is 11.2 Å². The number of aliphatic carboxylic acids is 1. The second kappa shape index (κ2) is 6.52. The van der Waals surface area contributed by atoms with E-state index >= 15 is 0 Å². The molecule has 0 atom stereocenters. The highest BCUT2D eigenvalue weighted by Gasteiger charge is 2.10. The summed E-state index contributed by atoms with van der Waals surface area (Å²) in [5.74, 6) is -1.02. The van der Waals surface area contributed by atoms with Gasteiger partial charge in [-0.2, -0.15) is 0 Å². The van der Waals surface area contributed by atoms with Crippen molar-refractivity contribution in [3.8, 4) is 0 Å². The number of nitrogens with one attached hydrogen (secondary N) is 1. The highest BCUT2D eigenvalue weighted by Crippen LogP contribution is 1.98. The lowest BCUT2D eigenvalue weighted by atomic mass is 10.1. The molecule has 2 amide bonds. The first kappa shape index (κ1) is 13.0. The number of rotatable bonds is 5. The van der Waals surface area contributed by atoms with Crippen LogP contribution in [0.2, 0.25) is 0 Å². The summed E-state index contributed by atoms with van der Waals surface area (Å²) in [5.41, 5.74) is 1.13. The maximum Gasteiger partial charge on any atom is 0.323 e. The van der Waals surface area contributed by atoms with Crippen LogP contribution in [0.15, 0.2) is 30.3 Å². The Morgan fingerprint density at radius 3 is 2.53 bits per heavy atom. The minimum Gasteiger partial charge on any atom is -0.480 e. The average Bonchev–Trinajstić information content (AvgIpc) is 2.29. The van der Waals surface area contributed by atoms with E-state index in [4.69, 9.17) is 5.11 Å². The molecule has 0 aliphatic heterocycles. The van der Waals surface area contributed by atoms with E-state index in [-0.39, 0.29) is 12.6 Å². The van der Waals surface area contributed by atoms with Gasteiger partial charge in [-0.15, -0.1) is 0 Å². The quantitative estimate of drug-likeness (QED) is 0.799. The lowest BCUT2D eigenvalue weighted by Crippen LogP contribution is -2.40. The maximum absolute atomic E-state index is 11.4. The van der Waals surface area contributed by atoms with Crippen LogP contribution < -0.4 is 5.32 Å². The largest absolute Gasteiger partial charge is 0.480 e. The van der Waals surface area contributed by atoms with Crippen molar-refractivity contribution in [2.45, 2.75) is 6.42 Å². The van der Waals surface area contributed by atoms with Crippen LogP contribution in [0.3, 0.4) is 0 Å². The number of benzene rings is 1. The second-order valence-corrected chi connectivity index (χ2v) is 3.72. The Morgan fingerprint density at radius 2 is 1.94 bits per heavy atom. The Morgan fingerprint density at radius 1 is 1.29 bits per heavy atom. The first-order valence-corrected chi connectivity index (χ1v) is 5.34. The van der Waals surface area contributed by atoms with E-state index in [1.165, 1.54) is 7.05 Å². The summed E-state index contributed by atoms with van der Waals surface area (Å²) in [6.45, 7) is 0.198. The zero-order chi connectivity index (χ0) is 12.7. The van der Waals surface area contributed by atoms with Crippen molar-refractivity contribution in [3.63, 3.8) is 0 Å². The summed E-state index contributed by atoms with van der Waals surface area (Å²) in [6.07, 6.45) is 0.730. The lowest BCUT2D eigenvalue weighted by molar-refractivity contribution is -0.137. The van der Waals surface area contributed by atoms with E-state index in [0.717, 1.165) is 16.9 Å². The van der Waals surface area contributed by atoms with Crippen LogP contribution in [0, 0.1) is 0 Å². The zero-order valence-electron chi connectivity index (χ0n) is 9.72. The lowest BCUT2D eigenvalue weighted by Gasteiger charge is -2.15. The summed E-state index contributed by atoms with van der Waals surface area (Å²) >= 11 is 0. The van der Waals surface area contributed by atoms with Gasteiger partial charge in [0.15, 0.2) is 0 Å². The van der Waals surface area contributed by atoms with Gasteiger partial charge >= 0.3 is 12.0 Å². The van der Waals surface area contributed by atoms with Gasteiger partial charge < -0.3 is 15.3 Å². The summed E-state index contributed by atoms with van der Waals surface area (Å²) in [6, 6.07) is 9.40. The van der Waals surface area contributed by atoms with Crippen molar-refractivity contribution in [2.24, 2.45) is 0 Å². The molecule has 0 unspecified atom stereocenters. The fourth-order valence-electron chi connectivity index (χ4n) is 1.37. The third-order valence-electron chi connectivity index (χ3n) is 2.25. The molecule has 0 spiro atoms. The minimum atomic E-state index is -1.02. The van der Waals surface area contributed by atoms with Crippen LogP contribution in [0.5, 0.6) is 0 Å². The number of carboxylic acid groups (broad SMARTS) is 1. The molecule has 0 aliphatic rings. The van der Waals surface area contributed by atoms with Crippen LogP contribution in [-0.4, -0.2) is 42.1 Å². The molecule has 5 nitrogen and oxygen atoms in total. The van der Waals surface area contributed by atoms with Crippen molar-refractivity contribution in [1.29, 1.82) is 0 Å². The third-order valence-corrected chi connectivity index (χ3v) is 2.25. The van der Waals surface area contributed by atoms with Crippen LogP contribution in [0.1, 0.15) is 5.56 Å². The minimum absolute atomic E-state index is 0.294. The number of carbonyl (C=O) groups is 2. The Bertz CT molecular complexity index is 379. The first-order valence-electron chi connectivity index (χ1n) is 5.34. The van der Waals surface area contributed by atoms with Gasteiger partial charge in [0, 0.05) is 13.6 Å².